The zero-order chi connectivity index (χ0) is 6.91. The van der Waals surface area contributed by atoms with Crippen molar-refractivity contribution in [3.63, 3.8) is 0 Å². The van der Waals surface area contributed by atoms with Crippen LogP contribution in [0.5, 0.6) is 0 Å². The van der Waals surface area contributed by atoms with Crippen molar-refractivity contribution < 1.29 is 10.5 Å². The number of hydrogen-bond acceptors (Lipinski definition) is 0. The standard InChI is InChI=1S/C5H4F3Ge/c6-9(7,8)5-3-1-2-4-5/h1,3H,2H2. The van der Waals surface area contributed by atoms with Crippen LogP contribution in [0.3, 0.4) is 0 Å². The predicted molar refractivity (Wildman–Crippen MR) is 29.6 cm³/mol. The normalized spacial score (nSPS) is 18.3. The fourth-order valence-electron chi connectivity index (χ4n) is 0.599. The Labute approximate surface area is 54.9 Å². The van der Waals surface area contributed by atoms with Gasteiger partial charge in [0.15, 0.2) is 0 Å². The van der Waals surface area contributed by atoms with Crippen LogP contribution in [-0.2, 0) is 0 Å². The molecule has 0 unspecified atom stereocenters. The second kappa shape index (κ2) is 2.21. The summed E-state index contributed by atoms with van der Waals surface area (Å²) in [5.41, 5.74) is 0. The molecule has 0 aromatic heterocycles. The summed E-state index contributed by atoms with van der Waals surface area (Å²) in [5, 5.41) is 0. The van der Waals surface area contributed by atoms with Gasteiger partial charge in [-0.25, -0.2) is 0 Å². The third kappa shape index (κ3) is 1.61. The van der Waals surface area contributed by atoms with Crippen LogP contribution in [0.1, 0.15) is 6.42 Å². The third-order valence-electron chi connectivity index (χ3n) is 1.00. The van der Waals surface area contributed by atoms with Crippen molar-refractivity contribution in [1.29, 1.82) is 0 Å². The van der Waals surface area contributed by atoms with E-state index in [1.165, 1.54) is 6.08 Å². The van der Waals surface area contributed by atoms with Gasteiger partial charge in [0, 0.05) is 0 Å². The van der Waals surface area contributed by atoms with Crippen LogP contribution < -0.4 is 0 Å². The molecule has 1 radical (unpaired) electrons. The summed E-state index contributed by atoms with van der Waals surface area (Å²) in [7, 11) is 0. The van der Waals surface area contributed by atoms with Crippen molar-refractivity contribution in [2.45, 2.75) is 6.42 Å². The van der Waals surface area contributed by atoms with Crippen molar-refractivity contribution in [1.82, 2.24) is 0 Å². The van der Waals surface area contributed by atoms with E-state index in [0.29, 0.717) is 6.42 Å². The van der Waals surface area contributed by atoms with Crippen LogP contribution in [0.25, 0.3) is 0 Å². The topological polar surface area (TPSA) is 0 Å². The van der Waals surface area contributed by atoms with Crippen molar-refractivity contribution in [3.8, 4) is 0 Å². The van der Waals surface area contributed by atoms with Gasteiger partial charge in [-0.15, -0.1) is 0 Å². The molecular weight excluding hydrogens is 190 g/mol. The molecule has 1 rings (SSSR count). The Kier molecular flexibility index (Phi) is 1.70. The van der Waals surface area contributed by atoms with Crippen LogP contribution in [0.2, 0.25) is 0 Å². The first-order valence-electron chi connectivity index (χ1n) is 2.45. The van der Waals surface area contributed by atoms with Gasteiger partial charge in [-0.2, -0.15) is 0 Å². The summed E-state index contributed by atoms with van der Waals surface area (Å²) in [5.74, 6) is 0. The van der Waals surface area contributed by atoms with Gasteiger partial charge in [-0.05, 0) is 0 Å². The zero-order valence-electron chi connectivity index (χ0n) is 4.50. The van der Waals surface area contributed by atoms with Gasteiger partial charge in [0.1, 0.15) is 0 Å². The molecule has 0 aliphatic heterocycles. The Morgan fingerprint density at radius 3 is 2.33 bits per heavy atom. The molecule has 9 heavy (non-hydrogen) atoms. The van der Waals surface area contributed by atoms with Crippen LogP contribution in [0.4, 0.5) is 10.5 Å². The molecule has 0 saturated heterocycles. The molecule has 0 N–H and O–H groups in total. The molecule has 0 saturated carbocycles. The van der Waals surface area contributed by atoms with Gasteiger partial charge in [0.25, 0.3) is 0 Å². The van der Waals surface area contributed by atoms with E-state index in [9.17, 15) is 10.5 Å². The maximum absolute atomic E-state index is 11.8. The summed E-state index contributed by atoms with van der Waals surface area (Å²) < 4.78 is 34.9. The summed E-state index contributed by atoms with van der Waals surface area (Å²) >= 11 is -5.96. The average molecular weight is 194 g/mol. The van der Waals surface area contributed by atoms with Crippen molar-refractivity contribution >= 4 is 14.7 Å². The fourth-order valence-corrected chi connectivity index (χ4v) is 1.88. The second-order valence-corrected chi connectivity index (χ2v) is 4.91. The van der Waals surface area contributed by atoms with E-state index in [4.69, 9.17) is 0 Å². The monoisotopic (exact) mass is 195 g/mol. The van der Waals surface area contributed by atoms with Crippen molar-refractivity contribution in [2.75, 3.05) is 0 Å². The molecule has 1 aliphatic rings. The first-order chi connectivity index (χ1) is 4.11. The van der Waals surface area contributed by atoms with E-state index in [0.717, 1.165) is 6.08 Å². The van der Waals surface area contributed by atoms with E-state index in [1.54, 1.807) is 0 Å². The maximum atomic E-state index is 11.8. The van der Waals surface area contributed by atoms with Gasteiger partial charge in [0.2, 0.25) is 0 Å². The minimum absolute atomic E-state index is 0.333. The summed E-state index contributed by atoms with van der Waals surface area (Å²) in [6.45, 7) is 0. The third-order valence-corrected chi connectivity index (χ3v) is 3.00. The molecule has 49 valence electrons. The number of rotatable bonds is 1. The number of allylic oxidation sites excluding steroid dienone is 4. The molecule has 0 bridgehead atoms. The van der Waals surface area contributed by atoms with Gasteiger partial charge in [0.05, 0.1) is 0 Å². The Morgan fingerprint density at radius 2 is 2.11 bits per heavy atom. The Hall–Kier alpha value is -0.187. The first kappa shape index (κ1) is 6.93. The molecular formula is C5H4F3Ge. The molecule has 0 amide bonds. The zero-order valence-corrected chi connectivity index (χ0v) is 6.59. The predicted octanol–water partition coefficient (Wildman–Crippen LogP) is 2.06. The molecule has 0 heterocycles. The van der Waals surface area contributed by atoms with Crippen LogP contribution >= 0.6 is 0 Å². The first-order valence-corrected chi connectivity index (χ1v) is 5.88. The summed E-state index contributed by atoms with van der Waals surface area (Å²) in [6, 6.07) is 0. The van der Waals surface area contributed by atoms with Gasteiger partial charge < -0.3 is 0 Å². The second-order valence-electron chi connectivity index (χ2n) is 1.69. The molecule has 0 fully saturated rings. The van der Waals surface area contributed by atoms with Crippen LogP contribution in [0, 0.1) is 6.08 Å². The molecule has 0 spiro atoms. The van der Waals surface area contributed by atoms with Crippen molar-refractivity contribution in [3.05, 3.63) is 22.6 Å². The fraction of sp³-hybridized carbons (Fsp3) is 0.200. The van der Waals surface area contributed by atoms with Crippen LogP contribution in [0.15, 0.2) is 16.6 Å². The molecule has 0 aromatic carbocycles. The van der Waals surface area contributed by atoms with E-state index in [-0.39, 0.29) is 0 Å². The summed E-state index contributed by atoms with van der Waals surface area (Å²) in [6.07, 6.45) is 5.20. The minimum atomic E-state index is -5.96. The van der Waals surface area contributed by atoms with Gasteiger partial charge >= 0.3 is 54.2 Å². The Morgan fingerprint density at radius 1 is 1.44 bits per heavy atom. The molecule has 0 atom stereocenters. The van der Waals surface area contributed by atoms with E-state index < -0.39 is 19.1 Å². The molecule has 0 nitrogen and oxygen atoms in total. The van der Waals surface area contributed by atoms with E-state index in [2.05, 4.69) is 6.08 Å². The molecule has 4 heteroatoms. The SMILES string of the molecule is [F][Ge]([F])([F])[C]1=[C]CC=C1. The number of hydrogen-bond donors (Lipinski definition) is 0. The average Bonchev–Trinajstić information content (AvgIpc) is 2.08. The summed E-state index contributed by atoms with van der Waals surface area (Å²) in [4.78, 5) is 0. The van der Waals surface area contributed by atoms with Crippen LogP contribution in [-0.4, -0.2) is 14.7 Å². The number of halogens is 3. The Bertz CT molecular complexity index is 166. The molecule has 1 aliphatic carbocycles. The Balaban J connectivity index is 2.73. The van der Waals surface area contributed by atoms with E-state index >= 15 is 0 Å². The quantitative estimate of drug-likeness (QED) is 0.560. The molecule has 0 aromatic rings. The van der Waals surface area contributed by atoms with Crippen molar-refractivity contribution in [2.24, 2.45) is 0 Å². The van der Waals surface area contributed by atoms with Gasteiger partial charge in [-0.3, -0.25) is 0 Å². The van der Waals surface area contributed by atoms with E-state index in [1.807, 2.05) is 0 Å². The van der Waals surface area contributed by atoms with Gasteiger partial charge in [-0.1, -0.05) is 0 Å².